The molecule has 0 aliphatic carbocycles. The summed E-state index contributed by atoms with van der Waals surface area (Å²) < 4.78 is 5.24. The van der Waals surface area contributed by atoms with Gasteiger partial charge in [-0.05, 0) is 6.07 Å². The maximum Gasteiger partial charge on any atom is 0.230 e. The summed E-state index contributed by atoms with van der Waals surface area (Å²) in [5.74, 6) is 1.82. The van der Waals surface area contributed by atoms with Gasteiger partial charge in [-0.2, -0.15) is 0 Å². The average molecular weight is 306 g/mol. The van der Waals surface area contributed by atoms with E-state index in [0.29, 0.717) is 11.7 Å². The molecule has 21 heavy (non-hydrogen) atoms. The third-order valence-electron chi connectivity index (χ3n) is 2.85. The van der Waals surface area contributed by atoms with E-state index in [1.54, 1.807) is 7.11 Å². The molecule has 2 rings (SSSR count). The van der Waals surface area contributed by atoms with Crippen LogP contribution in [0.2, 0.25) is 0 Å². The summed E-state index contributed by atoms with van der Waals surface area (Å²) in [5.41, 5.74) is 0.949. The SMILES string of the molecule is CCc1nc(SCC(=O)NCc2ccccc2OC)n[nH]1. The van der Waals surface area contributed by atoms with Crippen LogP contribution in [0.5, 0.6) is 5.75 Å². The van der Waals surface area contributed by atoms with Crippen molar-refractivity contribution in [1.82, 2.24) is 20.5 Å². The van der Waals surface area contributed by atoms with Crippen LogP contribution in [0.1, 0.15) is 18.3 Å². The first kappa shape index (κ1) is 15.4. The minimum atomic E-state index is -0.0613. The number of aromatic amines is 1. The van der Waals surface area contributed by atoms with Gasteiger partial charge in [0.1, 0.15) is 11.6 Å². The molecule has 0 aliphatic heterocycles. The average Bonchev–Trinajstić information content (AvgIpc) is 2.99. The lowest BCUT2D eigenvalue weighted by molar-refractivity contribution is -0.118. The van der Waals surface area contributed by atoms with Crippen LogP contribution < -0.4 is 10.1 Å². The highest BCUT2D eigenvalue weighted by molar-refractivity contribution is 7.99. The number of H-pyrrole nitrogens is 1. The second-order valence-corrected chi connectivity index (χ2v) is 5.24. The zero-order valence-electron chi connectivity index (χ0n) is 12.0. The molecular weight excluding hydrogens is 288 g/mol. The van der Waals surface area contributed by atoms with Gasteiger partial charge in [-0.15, -0.1) is 5.10 Å². The van der Waals surface area contributed by atoms with Crippen LogP contribution in [0, 0.1) is 0 Å². The number of methoxy groups -OCH3 is 1. The van der Waals surface area contributed by atoms with Crippen LogP contribution in [0.15, 0.2) is 29.4 Å². The van der Waals surface area contributed by atoms with Gasteiger partial charge in [0, 0.05) is 18.5 Å². The molecule has 6 nitrogen and oxygen atoms in total. The molecule has 0 saturated carbocycles. The first-order valence-electron chi connectivity index (χ1n) is 6.65. The van der Waals surface area contributed by atoms with E-state index in [0.717, 1.165) is 23.6 Å². The second-order valence-electron chi connectivity index (χ2n) is 4.30. The summed E-state index contributed by atoms with van der Waals surface area (Å²) in [6, 6.07) is 7.61. The zero-order chi connectivity index (χ0) is 15.1. The van der Waals surface area contributed by atoms with Crippen LogP contribution in [-0.4, -0.2) is 34.0 Å². The van der Waals surface area contributed by atoms with E-state index < -0.39 is 0 Å². The van der Waals surface area contributed by atoms with Crippen molar-refractivity contribution in [1.29, 1.82) is 0 Å². The maximum absolute atomic E-state index is 11.8. The Kier molecular flexibility index (Phi) is 5.62. The fourth-order valence-electron chi connectivity index (χ4n) is 1.72. The molecular formula is C14H18N4O2S. The van der Waals surface area contributed by atoms with Gasteiger partial charge in [-0.25, -0.2) is 4.98 Å². The molecule has 0 unspecified atom stereocenters. The summed E-state index contributed by atoms with van der Waals surface area (Å²) in [6.07, 6.45) is 0.799. The molecule has 7 heteroatoms. The van der Waals surface area contributed by atoms with E-state index in [1.807, 2.05) is 31.2 Å². The molecule has 112 valence electrons. The number of carbonyl (C=O) groups excluding carboxylic acids is 1. The Hall–Kier alpha value is -2.02. The lowest BCUT2D eigenvalue weighted by Crippen LogP contribution is -2.24. The van der Waals surface area contributed by atoms with Crippen molar-refractivity contribution >= 4 is 17.7 Å². The lowest BCUT2D eigenvalue weighted by atomic mass is 10.2. The number of para-hydroxylation sites is 1. The molecule has 0 atom stereocenters. The Morgan fingerprint density at radius 1 is 1.43 bits per heavy atom. The number of thioether (sulfide) groups is 1. The number of aryl methyl sites for hydroxylation is 1. The predicted molar refractivity (Wildman–Crippen MR) is 81.3 cm³/mol. The van der Waals surface area contributed by atoms with E-state index in [2.05, 4.69) is 20.5 Å². The number of carbonyl (C=O) groups is 1. The number of rotatable bonds is 7. The van der Waals surface area contributed by atoms with E-state index in [9.17, 15) is 4.79 Å². The van der Waals surface area contributed by atoms with Gasteiger partial charge < -0.3 is 10.1 Å². The summed E-state index contributed by atoms with van der Waals surface area (Å²) in [6.45, 7) is 2.44. The van der Waals surface area contributed by atoms with Crippen molar-refractivity contribution in [2.75, 3.05) is 12.9 Å². The fourth-order valence-corrected chi connectivity index (χ4v) is 2.37. The highest BCUT2D eigenvalue weighted by Crippen LogP contribution is 2.17. The van der Waals surface area contributed by atoms with Crippen LogP contribution in [-0.2, 0) is 17.8 Å². The Bertz CT molecular complexity index is 600. The molecule has 1 heterocycles. The van der Waals surface area contributed by atoms with Gasteiger partial charge in [0.05, 0.1) is 12.9 Å². The second kappa shape index (κ2) is 7.68. The first-order chi connectivity index (χ1) is 10.2. The van der Waals surface area contributed by atoms with E-state index in [1.165, 1.54) is 11.8 Å². The molecule has 0 fully saturated rings. The molecule has 1 aromatic heterocycles. The summed E-state index contributed by atoms with van der Waals surface area (Å²) in [5, 5.41) is 10.3. The number of benzene rings is 1. The topological polar surface area (TPSA) is 79.9 Å². The van der Waals surface area contributed by atoms with Crippen LogP contribution >= 0.6 is 11.8 Å². The predicted octanol–water partition coefficient (Wildman–Crippen LogP) is 1.78. The molecule has 0 aliphatic rings. The zero-order valence-corrected chi connectivity index (χ0v) is 12.9. The van der Waals surface area contributed by atoms with E-state index >= 15 is 0 Å². The standard InChI is InChI=1S/C14H18N4O2S/c1-3-12-16-14(18-17-12)21-9-13(19)15-8-10-6-4-5-7-11(10)20-2/h4-7H,3,8-9H2,1-2H3,(H,15,19)(H,16,17,18). The minimum absolute atomic E-state index is 0.0613. The number of amides is 1. The van der Waals surface area contributed by atoms with Crippen molar-refractivity contribution in [3.8, 4) is 5.75 Å². The Morgan fingerprint density at radius 2 is 2.24 bits per heavy atom. The summed E-state index contributed by atoms with van der Waals surface area (Å²) >= 11 is 1.31. The maximum atomic E-state index is 11.8. The normalized spacial score (nSPS) is 10.4. The summed E-state index contributed by atoms with van der Waals surface area (Å²) in [7, 11) is 1.62. The lowest BCUT2D eigenvalue weighted by Gasteiger charge is -2.08. The Labute approximate surface area is 127 Å². The summed E-state index contributed by atoms with van der Waals surface area (Å²) in [4.78, 5) is 16.1. The number of nitrogens with zero attached hydrogens (tertiary/aromatic N) is 2. The molecule has 2 aromatic rings. The fraction of sp³-hybridized carbons (Fsp3) is 0.357. The molecule has 0 saturated heterocycles. The van der Waals surface area contributed by atoms with Gasteiger partial charge in [0.25, 0.3) is 0 Å². The highest BCUT2D eigenvalue weighted by Gasteiger charge is 2.08. The Balaban J connectivity index is 1.79. The molecule has 0 bridgehead atoms. The van der Waals surface area contributed by atoms with Gasteiger partial charge >= 0.3 is 0 Å². The highest BCUT2D eigenvalue weighted by atomic mass is 32.2. The third-order valence-corrected chi connectivity index (χ3v) is 3.69. The number of hydrogen-bond acceptors (Lipinski definition) is 5. The molecule has 0 radical (unpaired) electrons. The van der Waals surface area contributed by atoms with Gasteiger partial charge in [0.2, 0.25) is 11.1 Å². The molecule has 0 spiro atoms. The van der Waals surface area contributed by atoms with Crippen LogP contribution in [0.4, 0.5) is 0 Å². The number of ether oxygens (including phenoxy) is 1. The number of hydrogen-bond donors (Lipinski definition) is 2. The van der Waals surface area contributed by atoms with E-state index in [4.69, 9.17) is 4.74 Å². The quantitative estimate of drug-likeness (QED) is 0.762. The minimum Gasteiger partial charge on any atom is -0.496 e. The van der Waals surface area contributed by atoms with Gasteiger partial charge in [-0.3, -0.25) is 9.89 Å². The largest absolute Gasteiger partial charge is 0.496 e. The van der Waals surface area contributed by atoms with Crippen molar-refractivity contribution < 1.29 is 9.53 Å². The number of aromatic nitrogens is 3. The smallest absolute Gasteiger partial charge is 0.230 e. The molecule has 1 amide bonds. The van der Waals surface area contributed by atoms with Crippen molar-refractivity contribution in [3.05, 3.63) is 35.7 Å². The number of nitrogens with one attached hydrogen (secondary N) is 2. The van der Waals surface area contributed by atoms with Crippen molar-refractivity contribution in [2.45, 2.75) is 25.0 Å². The molecule has 2 N–H and O–H groups in total. The van der Waals surface area contributed by atoms with Crippen molar-refractivity contribution in [3.63, 3.8) is 0 Å². The van der Waals surface area contributed by atoms with Crippen molar-refractivity contribution in [2.24, 2.45) is 0 Å². The monoisotopic (exact) mass is 306 g/mol. The molecule has 1 aromatic carbocycles. The van der Waals surface area contributed by atoms with Crippen LogP contribution in [0.25, 0.3) is 0 Å². The third kappa shape index (κ3) is 4.49. The first-order valence-corrected chi connectivity index (χ1v) is 7.64. The Morgan fingerprint density at radius 3 is 2.95 bits per heavy atom. The van der Waals surface area contributed by atoms with E-state index in [-0.39, 0.29) is 11.7 Å². The van der Waals surface area contributed by atoms with Gasteiger partial charge in [-0.1, -0.05) is 36.9 Å². The van der Waals surface area contributed by atoms with Crippen LogP contribution in [0.3, 0.4) is 0 Å². The van der Waals surface area contributed by atoms with Gasteiger partial charge in [0.15, 0.2) is 0 Å².